The van der Waals surface area contributed by atoms with Crippen molar-refractivity contribution >= 4 is 17.8 Å². The van der Waals surface area contributed by atoms with Gasteiger partial charge in [0.2, 0.25) is 5.91 Å². The molecule has 5 rings (SSSR count). The predicted molar refractivity (Wildman–Crippen MR) is 135 cm³/mol. The zero-order valence-corrected chi connectivity index (χ0v) is 20.8. The molecule has 0 spiro atoms. The lowest BCUT2D eigenvalue weighted by Crippen LogP contribution is -2.53. The number of nitrogens with zero attached hydrogens (tertiary/aromatic N) is 3. The van der Waals surface area contributed by atoms with Gasteiger partial charge in [-0.1, -0.05) is 60.2 Å². The summed E-state index contributed by atoms with van der Waals surface area (Å²) < 4.78 is 5.45. The second-order valence-electron chi connectivity index (χ2n) is 9.47. The highest BCUT2D eigenvalue weighted by Gasteiger charge is 2.47. The van der Waals surface area contributed by atoms with Crippen LogP contribution in [-0.4, -0.2) is 78.0 Å². The summed E-state index contributed by atoms with van der Waals surface area (Å²) in [4.78, 5) is 46.0. The Kier molecular flexibility index (Phi) is 6.78. The Bertz CT molecular complexity index is 1170. The monoisotopic (exact) mass is 488 g/mol. The lowest BCUT2D eigenvalue weighted by molar-refractivity contribution is -0.145. The first-order chi connectivity index (χ1) is 17.5. The summed E-state index contributed by atoms with van der Waals surface area (Å²) in [6.07, 6.45) is 0.409. The first-order valence-electron chi connectivity index (χ1n) is 12.6. The van der Waals surface area contributed by atoms with E-state index < -0.39 is 12.1 Å². The fourth-order valence-electron chi connectivity index (χ4n) is 5.27. The molecule has 0 unspecified atom stereocenters. The summed E-state index contributed by atoms with van der Waals surface area (Å²) in [5.41, 5.74) is 4.17. The first-order valence-corrected chi connectivity index (χ1v) is 12.6. The zero-order chi connectivity index (χ0) is 25.2. The van der Waals surface area contributed by atoms with Gasteiger partial charge < -0.3 is 19.9 Å². The van der Waals surface area contributed by atoms with Crippen molar-refractivity contribution < 1.29 is 19.1 Å². The number of rotatable bonds is 6. The van der Waals surface area contributed by atoms with Crippen LogP contribution < -0.4 is 5.32 Å². The number of urea groups is 1. The van der Waals surface area contributed by atoms with Crippen LogP contribution in [0.25, 0.3) is 0 Å². The lowest BCUT2D eigenvalue weighted by atomic mass is 9.95. The molecule has 8 nitrogen and oxygen atoms in total. The van der Waals surface area contributed by atoms with Crippen LogP contribution in [-0.2, 0) is 20.7 Å². The summed E-state index contributed by atoms with van der Waals surface area (Å²) in [6.45, 7) is 6.55. The van der Waals surface area contributed by atoms with Crippen LogP contribution in [0.3, 0.4) is 0 Å². The average molecular weight is 489 g/mol. The zero-order valence-electron chi connectivity index (χ0n) is 20.8. The van der Waals surface area contributed by atoms with Crippen LogP contribution >= 0.6 is 0 Å². The van der Waals surface area contributed by atoms with Gasteiger partial charge in [-0.3, -0.25) is 14.5 Å². The Hall–Kier alpha value is -3.65. The molecule has 188 valence electrons. The fourth-order valence-corrected chi connectivity index (χ4v) is 5.27. The van der Waals surface area contributed by atoms with Crippen molar-refractivity contribution in [3.05, 3.63) is 82.6 Å². The standard InChI is InChI=1S/C28H32N4O4/c1-3-31-23-18-32(27(34)24(23)25(29-28(31)35)21-11-9-19(2)10-12-21)22(17-20-7-5-4-6-8-20)26(33)30-13-15-36-16-14-30/h4-12,22,25H,3,13-18H2,1-2H3,(H,29,35)/t22-,25+/m0/s1. The number of ether oxygens (including phenoxy) is 1. The maximum Gasteiger partial charge on any atom is 0.322 e. The predicted octanol–water partition coefficient (Wildman–Crippen LogP) is 2.65. The SMILES string of the molecule is CCN1C(=O)N[C@H](c2ccc(C)cc2)C2=C1CN([C@@H](Cc1ccccc1)C(=O)N1CCOCC1)C2=O. The minimum absolute atomic E-state index is 0.0791. The van der Waals surface area contributed by atoms with Gasteiger partial charge in [-0.05, 0) is 25.0 Å². The van der Waals surface area contributed by atoms with Crippen molar-refractivity contribution in [3.63, 3.8) is 0 Å². The Morgan fingerprint density at radius 3 is 2.42 bits per heavy atom. The Labute approximate surface area is 211 Å². The van der Waals surface area contributed by atoms with E-state index >= 15 is 0 Å². The summed E-state index contributed by atoms with van der Waals surface area (Å²) in [5, 5.41) is 3.03. The highest BCUT2D eigenvalue weighted by atomic mass is 16.5. The maximum absolute atomic E-state index is 14.1. The van der Waals surface area contributed by atoms with Gasteiger partial charge in [-0.2, -0.15) is 0 Å². The van der Waals surface area contributed by atoms with E-state index in [1.807, 2.05) is 68.4 Å². The third kappa shape index (κ3) is 4.48. The summed E-state index contributed by atoms with van der Waals surface area (Å²) in [5.74, 6) is -0.277. The van der Waals surface area contributed by atoms with Crippen molar-refractivity contribution in [2.45, 2.75) is 32.4 Å². The van der Waals surface area contributed by atoms with E-state index in [0.717, 1.165) is 16.7 Å². The topological polar surface area (TPSA) is 82.2 Å². The number of hydrogen-bond acceptors (Lipinski definition) is 4. The number of nitrogens with one attached hydrogen (secondary N) is 1. The van der Waals surface area contributed by atoms with Crippen LogP contribution in [0.5, 0.6) is 0 Å². The van der Waals surface area contributed by atoms with E-state index in [1.165, 1.54) is 0 Å². The van der Waals surface area contributed by atoms with E-state index in [9.17, 15) is 14.4 Å². The highest BCUT2D eigenvalue weighted by Crippen LogP contribution is 2.37. The normalized spacial score (nSPS) is 20.9. The minimum Gasteiger partial charge on any atom is -0.378 e. The quantitative estimate of drug-likeness (QED) is 0.678. The van der Waals surface area contributed by atoms with Gasteiger partial charge in [0.15, 0.2) is 0 Å². The number of carbonyl (C=O) groups excluding carboxylic acids is 3. The van der Waals surface area contributed by atoms with Gasteiger partial charge in [0.25, 0.3) is 5.91 Å². The van der Waals surface area contributed by atoms with Gasteiger partial charge in [0, 0.05) is 26.1 Å². The number of amides is 4. The minimum atomic E-state index is -0.670. The molecule has 3 aliphatic rings. The molecule has 0 bridgehead atoms. The molecule has 0 saturated carbocycles. The van der Waals surface area contributed by atoms with Gasteiger partial charge in [-0.25, -0.2) is 4.79 Å². The number of morpholine rings is 1. The van der Waals surface area contributed by atoms with E-state index in [4.69, 9.17) is 4.74 Å². The van der Waals surface area contributed by atoms with E-state index in [2.05, 4.69) is 5.32 Å². The third-order valence-electron chi connectivity index (χ3n) is 7.23. The molecule has 1 fully saturated rings. The van der Waals surface area contributed by atoms with Crippen molar-refractivity contribution in [1.82, 2.24) is 20.0 Å². The number of benzene rings is 2. The Morgan fingerprint density at radius 2 is 1.75 bits per heavy atom. The van der Waals surface area contributed by atoms with Crippen molar-refractivity contribution in [1.29, 1.82) is 0 Å². The largest absolute Gasteiger partial charge is 0.378 e. The van der Waals surface area contributed by atoms with Gasteiger partial charge in [0.05, 0.1) is 37.1 Å². The number of carbonyl (C=O) groups is 3. The average Bonchev–Trinajstić information content (AvgIpc) is 3.24. The maximum atomic E-state index is 14.1. The molecular weight excluding hydrogens is 456 g/mol. The molecule has 2 atom stereocenters. The second-order valence-corrected chi connectivity index (χ2v) is 9.47. The molecule has 3 heterocycles. The molecular formula is C28H32N4O4. The molecule has 0 radical (unpaired) electrons. The van der Waals surface area contributed by atoms with Crippen LogP contribution in [0, 0.1) is 6.92 Å². The van der Waals surface area contributed by atoms with Crippen LogP contribution in [0.2, 0.25) is 0 Å². The molecule has 36 heavy (non-hydrogen) atoms. The molecule has 1 N–H and O–H groups in total. The number of hydrogen-bond donors (Lipinski definition) is 1. The molecule has 8 heteroatoms. The molecule has 3 aliphatic heterocycles. The number of likely N-dealkylation sites (N-methyl/N-ethyl adjacent to an activating group) is 1. The molecule has 4 amide bonds. The van der Waals surface area contributed by atoms with E-state index in [1.54, 1.807) is 14.7 Å². The second kappa shape index (κ2) is 10.1. The Morgan fingerprint density at radius 1 is 1.06 bits per heavy atom. The molecule has 1 saturated heterocycles. The molecule has 2 aromatic rings. The molecule has 0 aromatic heterocycles. The van der Waals surface area contributed by atoms with Crippen molar-refractivity contribution in [3.8, 4) is 0 Å². The summed E-state index contributed by atoms with van der Waals surface area (Å²) in [6, 6.07) is 16.2. The third-order valence-corrected chi connectivity index (χ3v) is 7.23. The van der Waals surface area contributed by atoms with Crippen LogP contribution in [0.1, 0.15) is 29.7 Å². The summed E-state index contributed by atoms with van der Waals surface area (Å²) in [7, 11) is 0. The van der Waals surface area contributed by atoms with E-state index in [-0.39, 0.29) is 24.4 Å². The van der Waals surface area contributed by atoms with Gasteiger partial charge in [-0.15, -0.1) is 0 Å². The highest BCUT2D eigenvalue weighted by molar-refractivity contribution is 6.03. The molecule has 2 aromatic carbocycles. The molecule has 0 aliphatic carbocycles. The Balaban J connectivity index is 1.51. The first kappa shape index (κ1) is 24.1. The van der Waals surface area contributed by atoms with Crippen molar-refractivity contribution in [2.24, 2.45) is 0 Å². The van der Waals surface area contributed by atoms with Crippen molar-refractivity contribution in [2.75, 3.05) is 39.4 Å². The summed E-state index contributed by atoms with van der Waals surface area (Å²) >= 11 is 0. The van der Waals surface area contributed by atoms with Gasteiger partial charge in [0.1, 0.15) is 6.04 Å². The lowest BCUT2D eigenvalue weighted by Gasteiger charge is -2.35. The van der Waals surface area contributed by atoms with Gasteiger partial charge >= 0.3 is 6.03 Å². The fraction of sp³-hybridized carbons (Fsp3) is 0.393. The van der Waals surface area contributed by atoms with Crippen LogP contribution in [0.15, 0.2) is 65.9 Å². The van der Waals surface area contributed by atoms with Crippen LogP contribution in [0.4, 0.5) is 4.79 Å². The van der Waals surface area contributed by atoms with E-state index in [0.29, 0.717) is 50.5 Å². The number of aryl methyl sites for hydroxylation is 1. The smallest absolute Gasteiger partial charge is 0.322 e.